The molecular weight excluding hydrogens is 384 g/mol. The summed E-state index contributed by atoms with van der Waals surface area (Å²) in [7, 11) is 0. The van der Waals surface area contributed by atoms with Crippen LogP contribution in [0.2, 0.25) is 0 Å². The summed E-state index contributed by atoms with van der Waals surface area (Å²) in [6.07, 6.45) is 2.67. The van der Waals surface area contributed by atoms with Gasteiger partial charge in [0.25, 0.3) is 0 Å². The van der Waals surface area contributed by atoms with Crippen LogP contribution in [0.1, 0.15) is 72.1 Å². The van der Waals surface area contributed by atoms with Crippen LogP contribution >= 0.6 is 0 Å². The SMILES string of the molecule is C[C@H](CCC(=O)O)[C@H]1CC[C@H]2[C@@H]3[C@@H](O)[C@H](O)[C@@H]4C[C@@H](O)CC[C@]4(C)[C@H]3C[C@H](O)[C@]12C. The smallest absolute Gasteiger partial charge is 0.303 e. The summed E-state index contributed by atoms with van der Waals surface area (Å²) in [4.78, 5) is 11.1. The van der Waals surface area contributed by atoms with Gasteiger partial charge in [-0.3, -0.25) is 4.79 Å². The van der Waals surface area contributed by atoms with Crippen LogP contribution in [0.3, 0.4) is 0 Å². The first-order valence-corrected chi connectivity index (χ1v) is 12.0. The molecule has 6 heteroatoms. The van der Waals surface area contributed by atoms with E-state index in [1.165, 1.54) is 0 Å². The van der Waals surface area contributed by atoms with Gasteiger partial charge in [0.1, 0.15) is 0 Å². The topological polar surface area (TPSA) is 118 Å². The largest absolute Gasteiger partial charge is 0.481 e. The molecule has 4 rings (SSSR count). The third kappa shape index (κ3) is 3.16. The highest BCUT2D eigenvalue weighted by Crippen LogP contribution is 2.68. The van der Waals surface area contributed by atoms with E-state index in [1.807, 2.05) is 0 Å². The van der Waals surface area contributed by atoms with Crippen molar-refractivity contribution < 1.29 is 30.3 Å². The van der Waals surface area contributed by atoms with Gasteiger partial charge in [0.2, 0.25) is 0 Å². The number of aliphatic hydroxyl groups excluding tert-OH is 4. The summed E-state index contributed by atoms with van der Waals surface area (Å²) in [6, 6.07) is 0. The normalized spacial score (nSPS) is 54.0. The van der Waals surface area contributed by atoms with E-state index < -0.39 is 30.4 Å². The van der Waals surface area contributed by atoms with Gasteiger partial charge in [0.15, 0.2) is 0 Å². The van der Waals surface area contributed by atoms with Crippen molar-refractivity contribution in [2.24, 2.45) is 46.3 Å². The molecule has 0 aromatic heterocycles. The first kappa shape index (κ1) is 22.5. The number of carboxylic acid groups (broad SMARTS) is 1. The zero-order valence-electron chi connectivity index (χ0n) is 18.6. The molecule has 30 heavy (non-hydrogen) atoms. The van der Waals surface area contributed by atoms with Gasteiger partial charge in [-0.25, -0.2) is 0 Å². The first-order chi connectivity index (χ1) is 14.0. The Morgan fingerprint density at radius 1 is 0.967 bits per heavy atom. The van der Waals surface area contributed by atoms with E-state index in [0.717, 1.165) is 19.3 Å². The molecule has 0 saturated heterocycles. The Kier molecular flexibility index (Phi) is 5.79. The number of rotatable bonds is 4. The number of aliphatic hydroxyl groups is 4. The van der Waals surface area contributed by atoms with Gasteiger partial charge in [-0.2, -0.15) is 0 Å². The summed E-state index contributed by atoms with van der Waals surface area (Å²) in [6.45, 7) is 6.45. The minimum atomic E-state index is -0.839. The maximum absolute atomic E-state index is 11.5. The highest BCUT2D eigenvalue weighted by Gasteiger charge is 2.67. The first-order valence-electron chi connectivity index (χ1n) is 12.0. The molecule has 0 unspecified atom stereocenters. The molecule has 12 atom stereocenters. The van der Waals surface area contributed by atoms with Gasteiger partial charge in [0, 0.05) is 6.42 Å². The summed E-state index contributed by atoms with van der Waals surface area (Å²) in [5, 5.41) is 53.1. The van der Waals surface area contributed by atoms with Crippen molar-refractivity contribution >= 4 is 5.97 Å². The summed E-state index contributed by atoms with van der Waals surface area (Å²) in [5.74, 6) is -0.299. The fraction of sp³-hybridized carbons (Fsp3) is 0.958. The average Bonchev–Trinajstić information content (AvgIpc) is 3.05. The molecule has 6 nitrogen and oxygen atoms in total. The average molecular weight is 425 g/mol. The number of aliphatic carboxylic acids is 1. The third-order valence-corrected chi connectivity index (χ3v) is 10.4. The molecule has 5 N–H and O–H groups in total. The maximum Gasteiger partial charge on any atom is 0.303 e. The Balaban J connectivity index is 1.64. The molecule has 0 aromatic rings. The Morgan fingerprint density at radius 3 is 2.33 bits per heavy atom. The summed E-state index contributed by atoms with van der Waals surface area (Å²) >= 11 is 0. The van der Waals surface area contributed by atoms with E-state index >= 15 is 0 Å². The Labute approximate surface area is 179 Å². The molecular formula is C24H40O6. The highest BCUT2D eigenvalue weighted by molar-refractivity contribution is 5.66. The number of fused-ring (bicyclic) bond motifs is 5. The standard InChI is InChI=1S/C24H40O6/c1-12(4-7-19(27)28)14-5-6-15-20-16(11-18(26)24(14,15)3)23(2)9-8-13(25)10-17(23)21(29)22(20)30/h12-18,20-22,25-26,29-30H,4-11H2,1-3H3,(H,27,28)/t12-,13+,14-,15+,16+,17+,18+,20+,21-,22-,23-,24-/m1/s1. The number of hydrogen-bond donors (Lipinski definition) is 5. The van der Waals surface area contributed by atoms with Crippen LogP contribution in [0, 0.1) is 46.3 Å². The minimum absolute atomic E-state index is 0.0541. The van der Waals surface area contributed by atoms with Crippen molar-refractivity contribution in [2.45, 2.75) is 96.6 Å². The second-order valence-electron chi connectivity index (χ2n) is 11.5. The number of carbonyl (C=O) groups is 1. The predicted octanol–water partition coefficient (Wildman–Crippen LogP) is 2.42. The zero-order chi connectivity index (χ0) is 22.0. The van der Waals surface area contributed by atoms with Crippen molar-refractivity contribution in [2.75, 3.05) is 0 Å². The Bertz CT molecular complexity index is 668. The molecule has 0 aliphatic heterocycles. The van der Waals surface area contributed by atoms with E-state index in [1.54, 1.807) is 0 Å². The summed E-state index contributed by atoms with van der Waals surface area (Å²) in [5.41, 5.74) is -0.547. The highest BCUT2D eigenvalue weighted by atomic mass is 16.4. The molecule has 0 amide bonds. The molecule has 4 aliphatic carbocycles. The second kappa shape index (κ2) is 7.72. The van der Waals surface area contributed by atoms with Crippen LogP contribution < -0.4 is 0 Å². The fourth-order valence-corrected chi connectivity index (χ4v) is 8.72. The molecule has 0 radical (unpaired) electrons. The molecule has 4 aliphatic rings. The van der Waals surface area contributed by atoms with Gasteiger partial charge in [-0.15, -0.1) is 0 Å². The van der Waals surface area contributed by atoms with E-state index in [2.05, 4.69) is 20.8 Å². The molecule has 4 fully saturated rings. The molecule has 172 valence electrons. The van der Waals surface area contributed by atoms with Gasteiger partial charge in [-0.05, 0) is 91.3 Å². The number of carboxylic acids is 1. The summed E-state index contributed by atoms with van der Waals surface area (Å²) < 4.78 is 0. The maximum atomic E-state index is 11.5. The van der Waals surface area contributed by atoms with Crippen molar-refractivity contribution in [3.05, 3.63) is 0 Å². The predicted molar refractivity (Wildman–Crippen MR) is 111 cm³/mol. The lowest BCUT2D eigenvalue weighted by Crippen LogP contribution is -2.66. The lowest BCUT2D eigenvalue weighted by molar-refractivity contribution is -0.243. The van der Waals surface area contributed by atoms with Gasteiger partial charge >= 0.3 is 5.97 Å². The van der Waals surface area contributed by atoms with Gasteiger partial charge in [0.05, 0.1) is 24.4 Å². The Hall–Kier alpha value is -0.690. The van der Waals surface area contributed by atoms with E-state index in [-0.39, 0.29) is 52.8 Å². The van der Waals surface area contributed by atoms with Crippen LogP contribution in [0.25, 0.3) is 0 Å². The molecule has 4 saturated carbocycles. The lowest BCUT2D eigenvalue weighted by Gasteiger charge is -2.64. The second-order valence-corrected chi connectivity index (χ2v) is 11.5. The third-order valence-electron chi connectivity index (χ3n) is 10.4. The van der Waals surface area contributed by atoms with Gasteiger partial charge < -0.3 is 25.5 Å². The Morgan fingerprint density at radius 2 is 1.67 bits per heavy atom. The lowest BCUT2D eigenvalue weighted by atomic mass is 9.42. The van der Waals surface area contributed by atoms with Crippen LogP contribution in [-0.4, -0.2) is 55.9 Å². The van der Waals surface area contributed by atoms with Crippen molar-refractivity contribution in [3.63, 3.8) is 0 Å². The molecule has 0 heterocycles. The fourth-order valence-electron chi connectivity index (χ4n) is 8.72. The quantitative estimate of drug-likeness (QED) is 0.473. The number of hydrogen-bond acceptors (Lipinski definition) is 5. The molecule has 0 aromatic carbocycles. The van der Waals surface area contributed by atoms with E-state index in [4.69, 9.17) is 5.11 Å². The zero-order valence-corrected chi connectivity index (χ0v) is 18.6. The van der Waals surface area contributed by atoms with Crippen molar-refractivity contribution in [1.29, 1.82) is 0 Å². The molecule has 0 bridgehead atoms. The van der Waals surface area contributed by atoms with Crippen LogP contribution in [0.5, 0.6) is 0 Å². The van der Waals surface area contributed by atoms with E-state index in [0.29, 0.717) is 25.7 Å². The van der Waals surface area contributed by atoms with Crippen molar-refractivity contribution in [3.8, 4) is 0 Å². The van der Waals surface area contributed by atoms with Crippen LogP contribution in [0.4, 0.5) is 0 Å². The van der Waals surface area contributed by atoms with Crippen LogP contribution in [-0.2, 0) is 4.79 Å². The van der Waals surface area contributed by atoms with Gasteiger partial charge in [-0.1, -0.05) is 20.8 Å². The molecule has 0 spiro atoms. The van der Waals surface area contributed by atoms with Crippen molar-refractivity contribution in [1.82, 2.24) is 0 Å². The minimum Gasteiger partial charge on any atom is -0.481 e. The monoisotopic (exact) mass is 424 g/mol. The van der Waals surface area contributed by atoms with Crippen LogP contribution in [0.15, 0.2) is 0 Å². The van der Waals surface area contributed by atoms with E-state index in [9.17, 15) is 25.2 Å².